The van der Waals surface area contributed by atoms with Gasteiger partial charge in [-0.2, -0.15) is 0 Å². The van der Waals surface area contributed by atoms with Crippen molar-refractivity contribution >= 4 is 39.1 Å². The van der Waals surface area contributed by atoms with Crippen molar-refractivity contribution in [1.29, 1.82) is 0 Å². The fourth-order valence-corrected chi connectivity index (χ4v) is 3.61. The largest absolute Gasteiger partial charge is 0.279 e. The molecular weight excluding hydrogens is 328 g/mol. The zero-order valence-electron chi connectivity index (χ0n) is 10.6. The molecule has 1 aliphatic carbocycles. The van der Waals surface area contributed by atoms with Gasteiger partial charge in [0.25, 0.3) is 5.91 Å². The van der Waals surface area contributed by atoms with Gasteiger partial charge in [0.15, 0.2) is 0 Å². The Kier molecular flexibility index (Phi) is 5.39. The van der Waals surface area contributed by atoms with Crippen LogP contribution in [0.2, 0.25) is 0 Å². The van der Waals surface area contributed by atoms with Crippen molar-refractivity contribution in [3.05, 3.63) is 20.8 Å². The van der Waals surface area contributed by atoms with Crippen molar-refractivity contribution in [1.82, 2.24) is 10.9 Å². The molecule has 1 aromatic heterocycles. The van der Waals surface area contributed by atoms with Gasteiger partial charge in [-0.15, -0.1) is 11.3 Å². The average Bonchev–Trinajstić information content (AvgIpc) is 2.84. The van der Waals surface area contributed by atoms with E-state index in [-0.39, 0.29) is 11.8 Å². The van der Waals surface area contributed by atoms with E-state index in [2.05, 4.69) is 26.8 Å². The molecule has 0 spiro atoms. The molecule has 0 unspecified atom stereocenters. The summed E-state index contributed by atoms with van der Waals surface area (Å²) in [6.07, 6.45) is 6.47. The molecule has 0 radical (unpaired) electrons. The minimum atomic E-state index is -0.271. The van der Waals surface area contributed by atoms with Crippen molar-refractivity contribution in [2.75, 3.05) is 0 Å². The number of thiophene rings is 1. The van der Waals surface area contributed by atoms with Crippen LogP contribution < -0.4 is 10.9 Å². The predicted octanol–water partition coefficient (Wildman–Crippen LogP) is 3.24. The minimum Gasteiger partial charge on any atom is -0.273 e. The van der Waals surface area contributed by atoms with Crippen LogP contribution in [0.15, 0.2) is 15.9 Å². The van der Waals surface area contributed by atoms with E-state index in [1.54, 1.807) is 6.07 Å². The first-order valence-electron chi connectivity index (χ1n) is 6.49. The van der Waals surface area contributed by atoms with Gasteiger partial charge >= 0.3 is 0 Å². The molecule has 1 saturated carbocycles. The van der Waals surface area contributed by atoms with Gasteiger partial charge in [0, 0.05) is 6.42 Å². The fourth-order valence-electron chi connectivity index (χ4n) is 2.33. The van der Waals surface area contributed by atoms with Crippen molar-refractivity contribution in [3.63, 3.8) is 0 Å². The van der Waals surface area contributed by atoms with Crippen molar-refractivity contribution < 1.29 is 9.59 Å². The molecule has 0 bridgehead atoms. The van der Waals surface area contributed by atoms with Crippen molar-refractivity contribution in [3.8, 4) is 0 Å². The molecule has 1 aliphatic rings. The summed E-state index contributed by atoms with van der Waals surface area (Å²) in [5.74, 6) is 0.102. The van der Waals surface area contributed by atoms with Crippen LogP contribution in [0.25, 0.3) is 0 Å². The van der Waals surface area contributed by atoms with Crippen LogP contribution >= 0.6 is 27.3 Å². The number of hydrogen-bond donors (Lipinski definition) is 2. The van der Waals surface area contributed by atoms with Gasteiger partial charge in [-0.25, -0.2) is 0 Å². The van der Waals surface area contributed by atoms with Crippen molar-refractivity contribution in [2.24, 2.45) is 5.92 Å². The fraction of sp³-hybridized carbons (Fsp3) is 0.538. The second kappa shape index (κ2) is 7.05. The highest BCUT2D eigenvalue weighted by molar-refractivity contribution is 9.11. The second-order valence-corrected chi connectivity index (χ2v) is 7.28. The standard InChI is InChI=1S/C13H17BrN2O2S/c14-11-7-6-10(19-11)13(18)16-15-12(17)8-9-4-2-1-3-5-9/h6-7,9H,1-5,8H2,(H,15,17)(H,16,18). The Hall–Kier alpha value is -0.880. The van der Waals surface area contributed by atoms with Gasteiger partial charge in [-0.3, -0.25) is 20.4 Å². The highest BCUT2D eigenvalue weighted by atomic mass is 79.9. The van der Waals surface area contributed by atoms with E-state index in [4.69, 9.17) is 0 Å². The van der Waals surface area contributed by atoms with Gasteiger partial charge in [0.2, 0.25) is 5.91 Å². The molecule has 2 rings (SSSR count). The van der Waals surface area contributed by atoms with Gasteiger partial charge in [-0.1, -0.05) is 19.3 Å². The normalized spacial score (nSPS) is 16.1. The molecule has 0 saturated heterocycles. The molecule has 104 valence electrons. The average molecular weight is 345 g/mol. The summed E-state index contributed by atoms with van der Waals surface area (Å²) < 4.78 is 0.895. The maximum atomic E-state index is 11.7. The first-order valence-corrected chi connectivity index (χ1v) is 8.10. The quantitative estimate of drug-likeness (QED) is 0.827. The lowest BCUT2D eigenvalue weighted by atomic mass is 9.87. The summed E-state index contributed by atoms with van der Waals surface area (Å²) in [7, 11) is 0. The van der Waals surface area contributed by atoms with Gasteiger partial charge in [0.1, 0.15) is 0 Å². The Morgan fingerprint density at radius 3 is 2.58 bits per heavy atom. The highest BCUT2D eigenvalue weighted by Gasteiger charge is 2.17. The lowest BCUT2D eigenvalue weighted by Gasteiger charge is -2.20. The maximum absolute atomic E-state index is 11.7. The molecule has 0 aromatic carbocycles. The molecule has 2 N–H and O–H groups in total. The van der Waals surface area contributed by atoms with E-state index in [1.807, 2.05) is 6.07 Å². The smallest absolute Gasteiger partial charge is 0.273 e. The Labute approximate surface area is 125 Å². The summed E-state index contributed by atoms with van der Waals surface area (Å²) in [6, 6.07) is 3.53. The molecule has 1 fully saturated rings. The van der Waals surface area contributed by atoms with E-state index < -0.39 is 0 Å². The topological polar surface area (TPSA) is 58.2 Å². The molecule has 6 heteroatoms. The first-order chi connectivity index (χ1) is 9.15. The number of amides is 2. The van der Waals surface area contributed by atoms with Crippen LogP contribution in [0.4, 0.5) is 0 Å². The Morgan fingerprint density at radius 2 is 1.95 bits per heavy atom. The Balaban J connectivity index is 1.72. The van der Waals surface area contributed by atoms with E-state index >= 15 is 0 Å². The van der Waals surface area contributed by atoms with Crippen molar-refractivity contribution in [2.45, 2.75) is 38.5 Å². The lowest BCUT2D eigenvalue weighted by molar-refractivity contribution is -0.123. The Bertz CT molecular complexity index is 455. The number of halogens is 1. The van der Waals surface area contributed by atoms with E-state index in [0.717, 1.165) is 16.6 Å². The SMILES string of the molecule is O=C(CC1CCCCC1)NNC(=O)c1ccc(Br)s1. The molecule has 1 aromatic rings. The monoisotopic (exact) mass is 344 g/mol. The van der Waals surface area contributed by atoms with Gasteiger partial charge in [0.05, 0.1) is 8.66 Å². The number of nitrogens with one attached hydrogen (secondary N) is 2. The number of rotatable bonds is 3. The Morgan fingerprint density at radius 1 is 1.21 bits per heavy atom. The van der Waals surface area contributed by atoms with Crippen LogP contribution in [-0.4, -0.2) is 11.8 Å². The molecular formula is C13H17BrN2O2S. The summed E-state index contributed by atoms with van der Waals surface area (Å²) in [5, 5.41) is 0. The van der Waals surface area contributed by atoms with Crippen LogP contribution in [0.1, 0.15) is 48.2 Å². The van der Waals surface area contributed by atoms with Crippen LogP contribution in [-0.2, 0) is 4.79 Å². The summed E-state index contributed by atoms with van der Waals surface area (Å²) in [6.45, 7) is 0. The third kappa shape index (κ3) is 4.62. The molecule has 0 atom stereocenters. The molecule has 2 amide bonds. The van der Waals surface area contributed by atoms with Crippen LogP contribution in [0, 0.1) is 5.92 Å². The van der Waals surface area contributed by atoms with E-state index in [0.29, 0.717) is 17.2 Å². The number of carbonyl (C=O) groups is 2. The van der Waals surface area contributed by atoms with Gasteiger partial charge in [-0.05, 0) is 46.8 Å². The molecule has 0 aliphatic heterocycles. The molecule has 19 heavy (non-hydrogen) atoms. The predicted molar refractivity (Wildman–Crippen MR) is 78.8 cm³/mol. The summed E-state index contributed by atoms with van der Waals surface area (Å²) >= 11 is 4.63. The number of hydrazine groups is 1. The number of carbonyl (C=O) groups excluding carboxylic acids is 2. The zero-order valence-corrected chi connectivity index (χ0v) is 13.0. The highest BCUT2D eigenvalue weighted by Crippen LogP contribution is 2.26. The minimum absolute atomic E-state index is 0.101. The molecule has 1 heterocycles. The second-order valence-electron chi connectivity index (χ2n) is 4.81. The first kappa shape index (κ1) is 14.5. The molecule has 4 nitrogen and oxygen atoms in total. The number of hydrogen-bond acceptors (Lipinski definition) is 3. The van der Waals surface area contributed by atoms with Gasteiger partial charge < -0.3 is 0 Å². The summed E-state index contributed by atoms with van der Waals surface area (Å²) in [4.78, 5) is 24.0. The third-order valence-corrected chi connectivity index (χ3v) is 4.93. The van der Waals surface area contributed by atoms with E-state index in [9.17, 15) is 9.59 Å². The summed E-state index contributed by atoms with van der Waals surface area (Å²) in [5.41, 5.74) is 4.94. The zero-order chi connectivity index (χ0) is 13.7. The van der Waals surface area contributed by atoms with E-state index in [1.165, 1.54) is 30.6 Å². The lowest BCUT2D eigenvalue weighted by Crippen LogP contribution is -2.42. The van der Waals surface area contributed by atoms with Crippen LogP contribution in [0.5, 0.6) is 0 Å². The maximum Gasteiger partial charge on any atom is 0.279 e. The third-order valence-electron chi connectivity index (χ3n) is 3.31. The van der Waals surface area contributed by atoms with Crippen LogP contribution in [0.3, 0.4) is 0 Å².